The first-order valence-electron chi connectivity index (χ1n) is 6.01. The van der Waals surface area contributed by atoms with Gasteiger partial charge in [-0.05, 0) is 13.3 Å². The molecule has 2 aromatic rings. The molecule has 0 atom stereocenters. The summed E-state index contributed by atoms with van der Waals surface area (Å²) in [6.07, 6.45) is -3.82. The van der Waals surface area contributed by atoms with E-state index >= 15 is 0 Å². The lowest BCUT2D eigenvalue weighted by molar-refractivity contribution is -0.145. The zero-order chi connectivity index (χ0) is 14.0. The van der Waals surface area contributed by atoms with Gasteiger partial charge in [0, 0.05) is 12.1 Å². The summed E-state index contributed by atoms with van der Waals surface area (Å²) < 4.78 is 39.3. The molecule has 2 rings (SSSR count). The number of hydrogen-bond donors (Lipinski definition) is 0. The predicted molar refractivity (Wildman–Crippen MR) is 65.5 cm³/mol. The summed E-state index contributed by atoms with van der Waals surface area (Å²) >= 11 is 0. The highest BCUT2D eigenvalue weighted by molar-refractivity contribution is 5.55. The normalized spacial score (nSPS) is 11.8. The largest absolute Gasteiger partial charge is 0.453 e. The lowest BCUT2D eigenvalue weighted by atomic mass is 10.1. The van der Waals surface area contributed by atoms with Crippen molar-refractivity contribution in [1.29, 1.82) is 0 Å². The van der Waals surface area contributed by atoms with Crippen LogP contribution in [0.25, 0.3) is 11.4 Å². The second kappa shape index (κ2) is 5.03. The molecule has 102 valence electrons. The standard InChI is InChI=1S/C13H14F3N3/c1-3-8-19-11(10-6-4-9(2)5-7-10)17-12(18-19)13(14,15)16/h4-7H,3,8H2,1-2H3. The predicted octanol–water partition coefficient (Wildman–Crippen LogP) is 3.68. The summed E-state index contributed by atoms with van der Waals surface area (Å²) in [6.45, 7) is 4.21. The molecule has 1 aromatic carbocycles. The van der Waals surface area contributed by atoms with E-state index in [1.165, 1.54) is 4.68 Å². The second-order valence-electron chi connectivity index (χ2n) is 4.35. The number of hydrogen-bond acceptors (Lipinski definition) is 2. The van der Waals surface area contributed by atoms with Gasteiger partial charge in [-0.25, -0.2) is 9.67 Å². The molecule has 0 radical (unpaired) electrons. The number of aromatic nitrogens is 3. The van der Waals surface area contributed by atoms with Crippen LogP contribution in [0.15, 0.2) is 24.3 Å². The van der Waals surface area contributed by atoms with Crippen LogP contribution in [-0.4, -0.2) is 14.8 Å². The van der Waals surface area contributed by atoms with Gasteiger partial charge in [0.15, 0.2) is 5.82 Å². The maximum atomic E-state index is 12.7. The van der Waals surface area contributed by atoms with Crippen molar-refractivity contribution in [2.45, 2.75) is 33.0 Å². The molecule has 0 aliphatic rings. The van der Waals surface area contributed by atoms with Gasteiger partial charge in [-0.2, -0.15) is 13.2 Å². The van der Waals surface area contributed by atoms with Crippen molar-refractivity contribution in [2.24, 2.45) is 0 Å². The molecule has 19 heavy (non-hydrogen) atoms. The van der Waals surface area contributed by atoms with Crippen LogP contribution in [0.4, 0.5) is 13.2 Å². The van der Waals surface area contributed by atoms with Crippen LogP contribution in [0.5, 0.6) is 0 Å². The summed E-state index contributed by atoms with van der Waals surface area (Å²) in [5, 5.41) is 3.55. The molecule has 0 saturated heterocycles. The van der Waals surface area contributed by atoms with Gasteiger partial charge < -0.3 is 0 Å². The van der Waals surface area contributed by atoms with Gasteiger partial charge in [-0.3, -0.25) is 0 Å². The monoisotopic (exact) mass is 269 g/mol. The van der Waals surface area contributed by atoms with Crippen molar-refractivity contribution in [3.05, 3.63) is 35.7 Å². The topological polar surface area (TPSA) is 30.7 Å². The number of nitrogens with zero attached hydrogens (tertiary/aromatic N) is 3. The van der Waals surface area contributed by atoms with Gasteiger partial charge in [0.1, 0.15) is 0 Å². The second-order valence-corrected chi connectivity index (χ2v) is 4.35. The summed E-state index contributed by atoms with van der Waals surface area (Å²) in [7, 11) is 0. The maximum Gasteiger partial charge on any atom is 0.453 e. The maximum absolute atomic E-state index is 12.7. The third-order valence-electron chi connectivity index (χ3n) is 2.67. The van der Waals surface area contributed by atoms with Gasteiger partial charge in [0.05, 0.1) is 0 Å². The first-order valence-corrected chi connectivity index (χ1v) is 6.01. The van der Waals surface area contributed by atoms with E-state index in [2.05, 4.69) is 10.1 Å². The molecule has 1 heterocycles. The summed E-state index contributed by atoms with van der Waals surface area (Å²) in [5.74, 6) is -0.828. The van der Waals surface area contributed by atoms with E-state index in [1.807, 2.05) is 26.0 Å². The Bertz CT molecular complexity index is 556. The summed E-state index contributed by atoms with van der Waals surface area (Å²) in [6, 6.07) is 7.19. The third-order valence-corrected chi connectivity index (χ3v) is 2.67. The van der Waals surface area contributed by atoms with Crippen molar-refractivity contribution in [2.75, 3.05) is 0 Å². The number of halogens is 3. The molecule has 0 amide bonds. The molecular weight excluding hydrogens is 255 g/mol. The molecule has 0 saturated carbocycles. The van der Waals surface area contributed by atoms with Crippen molar-refractivity contribution < 1.29 is 13.2 Å². The van der Waals surface area contributed by atoms with E-state index in [0.717, 1.165) is 5.56 Å². The molecule has 0 spiro atoms. The number of alkyl halides is 3. The number of benzene rings is 1. The summed E-state index contributed by atoms with van der Waals surface area (Å²) in [5.41, 5.74) is 1.68. The van der Waals surface area contributed by atoms with E-state index in [4.69, 9.17) is 0 Å². The highest BCUT2D eigenvalue weighted by Gasteiger charge is 2.37. The van der Waals surface area contributed by atoms with Crippen molar-refractivity contribution in [1.82, 2.24) is 14.8 Å². The molecule has 0 fully saturated rings. The van der Waals surface area contributed by atoms with Crippen LogP contribution < -0.4 is 0 Å². The molecule has 0 bridgehead atoms. The smallest absolute Gasteiger partial charge is 0.245 e. The highest BCUT2D eigenvalue weighted by atomic mass is 19.4. The van der Waals surface area contributed by atoms with E-state index in [1.54, 1.807) is 12.1 Å². The fraction of sp³-hybridized carbons (Fsp3) is 0.385. The van der Waals surface area contributed by atoms with Crippen LogP contribution in [-0.2, 0) is 12.7 Å². The first kappa shape index (κ1) is 13.6. The SMILES string of the molecule is CCCn1nc(C(F)(F)F)nc1-c1ccc(C)cc1. The Balaban J connectivity index is 2.48. The average molecular weight is 269 g/mol. The van der Waals surface area contributed by atoms with Crippen molar-refractivity contribution >= 4 is 0 Å². The Morgan fingerprint density at radius 1 is 1.16 bits per heavy atom. The Hall–Kier alpha value is -1.85. The molecule has 0 unspecified atom stereocenters. The number of aryl methyl sites for hydroxylation is 2. The van der Waals surface area contributed by atoms with Gasteiger partial charge in [0.25, 0.3) is 5.82 Å². The Labute approximate surface area is 109 Å². The molecular formula is C13H14F3N3. The molecule has 0 aliphatic carbocycles. The summed E-state index contributed by atoms with van der Waals surface area (Å²) in [4.78, 5) is 3.63. The minimum Gasteiger partial charge on any atom is -0.245 e. The van der Waals surface area contributed by atoms with E-state index < -0.39 is 12.0 Å². The zero-order valence-electron chi connectivity index (χ0n) is 10.7. The van der Waals surface area contributed by atoms with Crippen LogP contribution >= 0.6 is 0 Å². The van der Waals surface area contributed by atoms with Gasteiger partial charge in [-0.15, -0.1) is 5.10 Å². The first-order chi connectivity index (χ1) is 8.91. The minimum atomic E-state index is -4.52. The van der Waals surface area contributed by atoms with Crippen molar-refractivity contribution in [3.8, 4) is 11.4 Å². The van der Waals surface area contributed by atoms with Crippen LogP contribution in [0, 0.1) is 6.92 Å². The van der Waals surface area contributed by atoms with Crippen LogP contribution in [0.3, 0.4) is 0 Å². The highest BCUT2D eigenvalue weighted by Crippen LogP contribution is 2.29. The average Bonchev–Trinajstić information content (AvgIpc) is 2.74. The Morgan fingerprint density at radius 3 is 2.32 bits per heavy atom. The fourth-order valence-corrected chi connectivity index (χ4v) is 1.75. The minimum absolute atomic E-state index is 0.258. The van der Waals surface area contributed by atoms with Gasteiger partial charge >= 0.3 is 6.18 Å². The Morgan fingerprint density at radius 2 is 1.79 bits per heavy atom. The third kappa shape index (κ3) is 2.94. The lowest BCUT2D eigenvalue weighted by Gasteiger charge is -2.04. The van der Waals surface area contributed by atoms with Gasteiger partial charge in [-0.1, -0.05) is 36.8 Å². The van der Waals surface area contributed by atoms with E-state index in [9.17, 15) is 13.2 Å². The van der Waals surface area contributed by atoms with Crippen molar-refractivity contribution in [3.63, 3.8) is 0 Å². The Kier molecular flexibility index (Phi) is 3.59. The zero-order valence-corrected chi connectivity index (χ0v) is 10.7. The van der Waals surface area contributed by atoms with Gasteiger partial charge in [0.2, 0.25) is 0 Å². The van der Waals surface area contributed by atoms with E-state index in [0.29, 0.717) is 18.5 Å². The number of rotatable bonds is 3. The molecule has 1 aromatic heterocycles. The molecule has 0 N–H and O–H groups in total. The van der Waals surface area contributed by atoms with Crippen LogP contribution in [0.2, 0.25) is 0 Å². The quantitative estimate of drug-likeness (QED) is 0.851. The van der Waals surface area contributed by atoms with Crippen LogP contribution in [0.1, 0.15) is 24.7 Å². The molecule has 0 aliphatic heterocycles. The molecule has 6 heteroatoms. The van der Waals surface area contributed by atoms with E-state index in [-0.39, 0.29) is 5.82 Å². The molecule has 3 nitrogen and oxygen atoms in total. The lowest BCUT2D eigenvalue weighted by Crippen LogP contribution is -2.09. The fourth-order valence-electron chi connectivity index (χ4n) is 1.75.